The third kappa shape index (κ3) is 3.83. The lowest BCUT2D eigenvalue weighted by Crippen LogP contribution is -2.12. The van der Waals surface area contributed by atoms with Gasteiger partial charge in [0.15, 0.2) is 11.4 Å². The number of hydrogen-bond donors (Lipinski definition) is 0. The van der Waals surface area contributed by atoms with Crippen LogP contribution in [0.3, 0.4) is 0 Å². The molecule has 0 atom stereocenters. The maximum absolute atomic E-state index is 13.9. The average Bonchev–Trinajstić information content (AvgIpc) is 2.99. The van der Waals surface area contributed by atoms with Crippen LogP contribution in [-0.4, -0.2) is 29.3 Å². The zero-order valence-corrected chi connectivity index (χ0v) is 15.5. The molecule has 0 aliphatic heterocycles. The number of hydrogen-bond acceptors (Lipinski definition) is 6. The number of aromatic nitrogens is 2. The summed E-state index contributed by atoms with van der Waals surface area (Å²) in [6.45, 7) is 3.21. The predicted molar refractivity (Wildman–Crippen MR) is 94.8 cm³/mol. The average molecular weight is 392 g/mol. The number of fused-ring (bicyclic) bond motifs is 1. The van der Waals surface area contributed by atoms with E-state index in [1.165, 1.54) is 17.6 Å². The highest BCUT2D eigenvalue weighted by atomic mass is 19.1. The first-order valence-electron chi connectivity index (χ1n) is 8.41. The Hall–Kier alpha value is -3.36. The van der Waals surface area contributed by atoms with Crippen LogP contribution in [0.5, 0.6) is 17.5 Å². The Morgan fingerprint density at radius 2 is 1.96 bits per heavy atom. The highest BCUT2D eigenvalue weighted by Gasteiger charge is 2.22. The number of carbonyl (C=O) groups excluding carboxylic acids is 1. The Kier molecular flexibility index (Phi) is 5.62. The largest absolute Gasteiger partial charge is 0.515 e. The zero-order valence-electron chi connectivity index (χ0n) is 15.5. The van der Waals surface area contributed by atoms with Crippen LogP contribution in [0.15, 0.2) is 30.5 Å². The number of pyridine rings is 1. The molecule has 0 aliphatic carbocycles. The molecule has 3 rings (SSSR count). The van der Waals surface area contributed by atoms with E-state index in [0.717, 1.165) is 17.7 Å². The first kappa shape index (κ1) is 19.4. The highest BCUT2D eigenvalue weighted by Crippen LogP contribution is 2.33. The topological polar surface area (TPSA) is 71.3 Å². The number of imidazole rings is 1. The van der Waals surface area contributed by atoms with Crippen molar-refractivity contribution < 1.29 is 32.5 Å². The van der Waals surface area contributed by atoms with E-state index in [1.54, 1.807) is 26.1 Å². The number of aryl methyl sites for hydroxylation is 1. The van der Waals surface area contributed by atoms with Crippen LogP contribution in [0.25, 0.3) is 5.65 Å². The molecule has 0 spiro atoms. The first-order valence-corrected chi connectivity index (χ1v) is 8.41. The SMILES string of the molecule is CCOC(=O)Oc1c(OC)nc2c(OCc3c(F)cccc3F)cc(C)cn12. The van der Waals surface area contributed by atoms with Gasteiger partial charge in [-0.05, 0) is 37.6 Å². The Labute approximate surface area is 159 Å². The molecule has 1 aromatic carbocycles. The lowest BCUT2D eigenvalue weighted by atomic mass is 10.2. The zero-order chi connectivity index (χ0) is 20.3. The molecule has 0 aliphatic rings. The molecule has 0 saturated heterocycles. The molecule has 0 unspecified atom stereocenters. The van der Waals surface area contributed by atoms with Gasteiger partial charge in [-0.25, -0.2) is 13.6 Å². The Morgan fingerprint density at radius 3 is 2.61 bits per heavy atom. The molecule has 28 heavy (non-hydrogen) atoms. The van der Waals surface area contributed by atoms with E-state index < -0.39 is 17.8 Å². The minimum atomic E-state index is -0.917. The van der Waals surface area contributed by atoms with E-state index in [-0.39, 0.29) is 41.9 Å². The molecule has 3 aromatic rings. The molecular weight excluding hydrogens is 374 g/mol. The number of ether oxygens (including phenoxy) is 4. The van der Waals surface area contributed by atoms with Gasteiger partial charge >= 0.3 is 6.16 Å². The second-order valence-electron chi connectivity index (χ2n) is 5.78. The van der Waals surface area contributed by atoms with Crippen LogP contribution in [0.4, 0.5) is 13.6 Å². The van der Waals surface area contributed by atoms with Crippen molar-refractivity contribution in [3.63, 3.8) is 0 Å². The highest BCUT2D eigenvalue weighted by molar-refractivity contribution is 5.67. The monoisotopic (exact) mass is 392 g/mol. The van der Waals surface area contributed by atoms with Crippen LogP contribution >= 0.6 is 0 Å². The molecule has 2 aromatic heterocycles. The second-order valence-corrected chi connectivity index (χ2v) is 5.78. The van der Waals surface area contributed by atoms with E-state index in [2.05, 4.69) is 4.98 Å². The van der Waals surface area contributed by atoms with Gasteiger partial charge in [-0.15, -0.1) is 0 Å². The molecule has 0 bridgehead atoms. The Bertz CT molecular complexity index is 999. The maximum Gasteiger partial charge on any atom is 0.515 e. The summed E-state index contributed by atoms with van der Waals surface area (Å²) in [7, 11) is 1.36. The quantitative estimate of drug-likeness (QED) is 0.590. The first-order chi connectivity index (χ1) is 13.4. The minimum Gasteiger partial charge on any atom is -0.485 e. The summed E-state index contributed by atoms with van der Waals surface area (Å²) in [5, 5.41) is 0. The normalized spacial score (nSPS) is 10.8. The summed E-state index contributed by atoms with van der Waals surface area (Å²) in [4.78, 5) is 16.0. The number of methoxy groups -OCH3 is 1. The van der Waals surface area contributed by atoms with Crippen molar-refractivity contribution in [2.24, 2.45) is 0 Å². The van der Waals surface area contributed by atoms with Crippen molar-refractivity contribution in [1.82, 2.24) is 9.38 Å². The lowest BCUT2D eigenvalue weighted by Gasteiger charge is -2.11. The predicted octanol–water partition coefficient (Wildman–Crippen LogP) is 4.04. The summed E-state index contributed by atoms with van der Waals surface area (Å²) in [5.41, 5.74) is 0.771. The summed E-state index contributed by atoms with van der Waals surface area (Å²) in [5.74, 6) is -1.16. The van der Waals surface area contributed by atoms with Gasteiger partial charge in [0.1, 0.15) is 18.2 Å². The summed E-state index contributed by atoms with van der Waals surface area (Å²) < 4.78 is 49.9. The molecule has 0 saturated carbocycles. The minimum absolute atomic E-state index is 0.00146. The van der Waals surface area contributed by atoms with Gasteiger partial charge in [-0.2, -0.15) is 4.98 Å². The molecule has 0 fully saturated rings. The van der Waals surface area contributed by atoms with Gasteiger partial charge < -0.3 is 18.9 Å². The van der Waals surface area contributed by atoms with Crippen molar-refractivity contribution in [2.75, 3.05) is 13.7 Å². The third-order valence-corrected chi connectivity index (χ3v) is 3.82. The summed E-state index contributed by atoms with van der Waals surface area (Å²) in [6.07, 6.45) is 0.732. The molecular formula is C19H18F2N2O5. The summed E-state index contributed by atoms with van der Waals surface area (Å²) in [6, 6.07) is 5.22. The van der Waals surface area contributed by atoms with Crippen LogP contribution in [0.1, 0.15) is 18.1 Å². The molecule has 9 heteroatoms. The lowest BCUT2D eigenvalue weighted by molar-refractivity contribution is 0.101. The maximum atomic E-state index is 13.9. The van der Waals surface area contributed by atoms with Crippen molar-refractivity contribution in [3.8, 4) is 17.5 Å². The molecule has 0 radical (unpaired) electrons. The number of nitrogens with zero attached hydrogens (tertiary/aromatic N) is 2. The molecule has 7 nitrogen and oxygen atoms in total. The van der Waals surface area contributed by atoms with Crippen LogP contribution in [-0.2, 0) is 11.3 Å². The number of benzene rings is 1. The van der Waals surface area contributed by atoms with Crippen molar-refractivity contribution in [2.45, 2.75) is 20.5 Å². The molecule has 0 N–H and O–H groups in total. The van der Waals surface area contributed by atoms with Crippen LogP contribution < -0.4 is 14.2 Å². The van der Waals surface area contributed by atoms with Gasteiger partial charge in [0, 0.05) is 6.20 Å². The molecule has 2 heterocycles. The van der Waals surface area contributed by atoms with E-state index in [4.69, 9.17) is 18.9 Å². The second kappa shape index (κ2) is 8.12. The standard InChI is InChI=1S/C19H18F2N2O5/c1-4-26-19(24)28-18-17(25-3)22-16-15(8-11(2)9-23(16)18)27-10-12-13(20)6-5-7-14(12)21/h5-9H,4,10H2,1-3H3. The van der Waals surface area contributed by atoms with E-state index in [9.17, 15) is 13.6 Å². The fraction of sp³-hybridized carbons (Fsp3) is 0.263. The number of rotatable bonds is 6. The Morgan fingerprint density at radius 1 is 1.25 bits per heavy atom. The van der Waals surface area contributed by atoms with E-state index in [0.29, 0.717) is 0 Å². The Balaban J connectivity index is 1.99. The number of halogens is 2. The van der Waals surface area contributed by atoms with Crippen molar-refractivity contribution in [3.05, 3.63) is 53.2 Å². The van der Waals surface area contributed by atoms with Crippen molar-refractivity contribution in [1.29, 1.82) is 0 Å². The molecule has 0 amide bonds. The van der Waals surface area contributed by atoms with E-state index >= 15 is 0 Å². The fourth-order valence-corrected chi connectivity index (χ4v) is 2.58. The van der Waals surface area contributed by atoms with Crippen LogP contribution in [0, 0.1) is 18.6 Å². The van der Waals surface area contributed by atoms with Gasteiger partial charge in [0.25, 0.3) is 11.8 Å². The van der Waals surface area contributed by atoms with Crippen LogP contribution in [0.2, 0.25) is 0 Å². The summed E-state index contributed by atoms with van der Waals surface area (Å²) >= 11 is 0. The van der Waals surface area contributed by atoms with Crippen molar-refractivity contribution >= 4 is 11.8 Å². The smallest absolute Gasteiger partial charge is 0.485 e. The van der Waals surface area contributed by atoms with Gasteiger partial charge in [0.05, 0.1) is 19.3 Å². The van der Waals surface area contributed by atoms with Gasteiger partial charge in [-0.1, -0.05) is 6.07 Å². The van der Waals surface area contributed by atoms with E-state index in [1.807, 2.05) is 0 Å². The van der Waals surface area contributed by atoms with Gasteiger partial charge in [0.2, 0.25) is 0 Å². The third-order valence-electron chi connectivity index (χ3n) is 3.82. The molecule has 148 valence electrons. The fourth-order valence-electron chi connectivity index (χ4n) is 2.58. The van der Waals surface area contributed by atoms with Gasteiger partial charge in [-0.3, -0.25) is 4.40 Å². The number of carbonyl (C=O) groups is 1.